The first-order valence-corrected chi connectivity index (χ1v) is 10.6. The highest BCUT2D eigenvalue weighted by molar-refractivity contribution is 9.10. The molecule has 8 nitrogen and oxygen atoms in total. The van der Waals surface area contributed by atoms with Crippen molar-refractivity contribution in [1.82, 2.24) is 5.43 Å². The lowest BCUT2D eigenvalue weighted by Gasteiger charge is -2.09. The number of nitrogens with one attached hydrogen (secondary N) is 2. The average molecular weight is 520 g/mol. The van der Waals surface area contributed by atoms with Crippen molar-refractivity contribution in [3.63, 3.8) is 0 Å². The zero-order chi connectivity index (χ0) is 23.1. The zero-order valence-electron chi connectivity index (χ0n) is 16.4. The molecule has 0 atom stereocenters. The lowest BCUT2D eigenvalue weighted by atomic mass is 10.2. The smallest absolute Gasteiger partial charge is 0.353 e. The number of hydrazone groups is 1. The van der Waals surface area contributed by atoms with Gasteiger partial charge in [-0.2, -0.15) is 5.10 Å². The number of amides is 2. The molecule has 0 saturated heterocycles. The van der Waals surface area contributed by atoms with Crippen LogP contribution in [0.15, 0.2) is 63.5 Å². The second kappa shape index (κ2) is 10.6. The summed E-state index contributed by atoms with van der Waals surface area (Å²) in [6.07, 6.45) is 1.26. The topological polar surface area (TPSA) is 106 Å². The third-order valence-corrected chi connectivity index (χ3v) is 5.22. The summed E-state index contributed by atoms with van der Waals surface area (Å²) >= 11 is 4.35. The summed E-state index contributed by atoms with van der Waals surface area (Å²) in [4.78, 5) is 36.3. The van der Waals surface area contributed by atoms with E-state index in [1.54, 1.807) is 23.6 Å². The van der Waals surface area contributed by atoms with Crippen molar-refractivity contribution in [3.8, 4) is 11.5 Å². The Labute approximate surface area is 194 Å². The first kappa shape index (κ1) is 23.1. The molecule has 1 heterocycles. The number of halogens is 2. The van der Waals surface area contributed by atoms with Crippen molar-refractivity contribution < 1.29 is 28.2 Å². The minimum atomic E-state index is -1.09. The Bertz CT molecular complexity index is 1180. The third-order valence-electron chi connectivity index (χ3n) is 3.88. The predicted molar refractivity (Wildman–Crippen MR) is 121 cm³/mol. The fourth-order valence-corrected chi connectivity index (χ4v) is 3.31. The van der Waals surface area contributed by atoms with Gasteiger partial charge < -0.3 is 14.8 Å². The molecule has 0 unspecified atom stereocenters. The molecule has 0 aliphatic heterocycles. The van der Waals surface area contributed by atoms with E-state index in [0.29, 0.717) is 14.9 Å². The number of ether oxygens (including phenoxy) is 2. The lowest BCUT2D eigenvalue weighted by molar-refractivity contribution is -0.136. The maximum absolute atomic E-state index is 13.8. The van der Waals surface area contributed by atoms with Crippen LogP contribution in [0.1, 0.15) is 15.2 Å². The summed E-state index contributed by atoms with van der Waals surface area (Å²) in [6, 6.07) is 12.0. The van der Waals surface area contributed by atoms with Crippen LogP contribution in [0.25, 0.3) is 0 Å². The molecule has 0 saturated carbocycles. The molecule has 2 amide bonds. The summed E-state index contributed by atoms with van der Waals surface area (Å²) in [5.41, 5.74) is 2.40. The Morgan fingerprint density at radius 2 is 1.91 bits per heavy atom. The highest BCUT2D eigenvalue weighted by Gasteiger charge is 2.16. The second-order valence-electron chi connectivity index (χ2n) is 6.05. The van der Waals surface area contributed by atoms with Gasteiger partial charge in [0.1, 0.15) is 10.7 Å². The zero-order valence-corrected chi connectivity index (χ0v) is 18.8. The van der Waals surface area contributed by atoms with Gasteiger partial charge in [0.05, 0.1) is 19.0 Å². The number of nitrogens with zero attached hydrogens (tertiary/aromatic N) is 1. The largest absolute Gasteiger partial charge is 0.493 e. The van der Waals surface area contributed by atoms with Gasteiger partial charge in [-0.05, 0) is 53.4 Å². The third kappa shape index (κ3) is 5.99. The van der Waals surface area contributed by atoms with E-state index in [1.165, 1.54) is 48.9 Å². The molecule has 2 aromatic carbocycles. The van der Waals surface area contributed by atoms with Crippen molar-refractivity contribution in [2.75, 3.05) is 12.4 Å². The van der Waals surface area contributed by atoms with Crippen LogP contribution in [0.2, 0.25) is 0 Å². The van der Waals surface area contributed by atoms with Gasteiger partial charge in [0, 0.05) is 4.47 Å². The van der Waals surface area contributed by atoms with Crippen LogP contribution in [0.4, 0.5) is 10.1 Å². The van der Waals surface area contributed by atoms with E-state index < -0.39 is 23.6 Å². The minimum Gasteiger partial charge on any atom is -0.493 e. The number of thiophene rings is 1. The van der Waals surface area contributed by atoms with Crippen LogP contribution in [0.3, 0.4) is 0 Å². The van der Waals surface area contributed by atoms with Crippen molar-refractivity contribution in [2.45, 2.75) is 0 Å². The van der Waals surface area contributed by atoms with E-state index in [2.05, 4.69) is 26.3 Å². The molecule has 0 aliphatic carbocycles. The maximum atomic E-state index is 13.8. The minimum absolute atomic E-state index is 0.144. The number of rotatable bonds is 6. The molecule has 0 fully saturated rings. The first-order chi connectivity index (χ1) is 15.4. The van der Waals surface area contributed by atoms with Crippen LogP contribution >= 0.6 is 27.3 Å². The van der Waals surface area contributed by atoms with E-state index in [0.717, 1.165) is 6.07 Å². The van der Waals surface area contributed by atoms with E-state index in [9.17, 15) is 18.8 Å². The summed E-state index contributed by atoms with van der Waals surface area (Å²) in [5, 5.41) is 7.61. The number of methoxy groups -OCH3 is 1. The van der Waals surface area contributed by atoms with Crippen LogP contribution in [0, 0.1) is 5.82 Å². The van der Waals surface area contributed by atoms with Crippen molar-refractivity contribution in [2.24, 2.45) is 5.10 Å². The summed E-state index contributed by atoms with van der Waals surface area (Å²) in [6.45, 7) is 0. The number of carbonyl (C=O) groups excluding carboxylic acids is 3. The Morgan fingerprint density at radius 1 is 1.09 bits per heavy atom. The van der Waals surface area contributed by atoms with E-state index >= 15 is 0 Å². The second-order valence-corrected chi connectivity index (χ2v) is 7.92. The molecule has 1 aromatic heterocycles. The van der Waals surface area contributed by atoms with Gasteiger partial charge in [-0.1, -0.05) is 22.0 Å². The number of benzene rings is 2. The molecule has 2 N–H and O–H groups in total. The van der Waals surface area contributed by atoms with Gasteiger partial charge >= 0.3 is 17.8 Å². The highest BCUT2D eigenvalue weighted by atomic mass is 79.9. The van der Waals surface area contributed by atoms with Crippen LogP contribution in [-0.2, 0) is 9.59 Å². The van der Waals surface area contributed by atoms with Crippen molar-refractivity contribution >= 4 is 57.0 Å². The monoisotopic (exact) mass is 519 g/mol. The van der Waals surface area contributed by atoms with E-state index in [1.807, 2.05) is 5.43 Å². The molecule has 0 spiro atoms. The molecule has 164 valence electrons. The molecule has 0 aliphatic rings. The molecule has 0 radical (unpaired) electrons. The molecule has 0 bridgehead atoms. The lowest BCUT2D eigenvalue weighted by Crippen LogP contribution is -2.32. The number of carbonyl (C=O) groups is 3. The first-order valence-electron chi connectivity index (χ1n) is 8.90. The standard InChI is InChI=1S/C21H15BrFN3O5S/c1-30-17-9-12(4-7-16(17)31-21(29)18-3-2-8-32-18)11-24-26-20(28)19(27)25-15-6-5-13(22)10-14(15)23/h2-11H,1H3,(H,25,27)(H,26,28)/b24-11+. The molecular weight excluding hydrogens is 505 g/mol. The molecule has 11 heteroatoms. The van der Waals surface area contributed by atoms with E-state index in [-0.39, 0.29) is 17.2 Å². The Balaban J connectivity index is 1.60. The summed E-state index contributed by atoms with van der Waals surface area (Å²) in [5.74, 6) is -2.90. The highest BCUT2D eigenvalue weighted by Crippen LogP contribution is 2.29. The van der Waals surface area contributed by atoms with Crippen LogP contribution in [0.5, 0.6) is 11.5 Å². The van der Waals surface area contributed by atoms with E-state index in [4.69, 9.17) is 9.47 Å². The van der Waals surface area contributed by atoms with Gasteiger partial charge in [0.15, 0.2) is 11.5 Å². The number of anilines is 1. The SMILES string of the molecule is COc1cc(/C=N/NC(=O)C(=O)Nc2ccc(Br)cc2F)ccc1OC(=O)c1cccs1. The fraction of sp³-hybridized carbons (Fsp3) is 0.0476. The van der Waals surface area contributed by atoms with Crippen LogP contribution < -0.4 is 20.2 Å². The summed E-state index contributed by atoms with van der Waals surface area (Å²) < 4.78 is 24.8. The van der Waals surface area contributed by atoms with Crippen molar-refractivity contribution in [3.05, 3.63) is 74.6 Å². The van der Waals surface area contributed by atoms with Gasteiger partial charge in [-0.3, -0.25) is 9.59 Å². The molecular formula is C21H15BrFN3O5S. The Morgan fingerprint density at radius 3 is 2.59 bits per heavy atom. The summed E-state index contributed by atoms with van der Waals surface area (Å²) in [7, 11) is 1.41. The Hall–Kier alpha value is -3.57. The van der Waals surface area contributed by atoms with Gasteiger partial charge in [-0.25, -0.2) is 14.6 Å². The van der Waals surface area contributed by atoms with Gasteiger partial charge in [-0.15, -0.1) is 11.3 Å². The number of esters is 1. The molecule has 3 aromatic rings. The Kier molecular flexibility index (Phi) is 7.68. The number of hydrogen-bond acceptors (Lipinski definition) is 7. The fourth-order valence-electron chi connectivity index (χ4n) is 2.38. The maximum Gasteiger partial charge on any atom is 0.353 e. The average Bonchev–Trinajstić information content (AvgIpc) is 3.31. The van der Waals surface area contributed by atoms with Gasteiger partial charge in [0.25, 0.3) is 0 Å². The van der Waals surface area contributed by atoms with Crippen LogP contribution in [-0.4, -0.2) is 31.1 Å². The quantitative estimate of drug-likeness (QED) is 0.168. The van der Waals surface area contributed by atoms with Crippen molar-refractivity contribution in [1.29, 1.82) is 0 Å². The molecule has 32 heavy (non-hydrogen) atoms. The predicted octanol–water partition coefficient (Wildman–Crippen LogP) is 3.97. The van der Waals surface area contributed by atoms with Gasteiger partial charge in [0.2, 0.25) is 0 Å². The normalized spacial score (nSPS) is 10.6. The number of hydrogen-bond donors (Lipinski definition) is 2. The molecule has 3 rings (SSSR count).